The smallest absolute Gasteiger partial charge is 0.407 e. The van der Waals surface area contributed by atoms with Crippen LogP contribution in [0.3, 0.4) is 0 Å². The minimum atomic E-state index is -1.37. The molecule has 2 aliphatic rings. The minimum Gasteiger partial charge on any atom is -0.465 e. The molecule has 0 spiro atoms. The van der Waals surface area contributed by atoms with Gasteiger partial charge in [-0.05, 0) is 43.4 Å². The average Bonchev–Trinajstić information content (AvgIpc) is 3.32. The summed E-state index contributed by atoms with van der Waals surface area (Å²) in [5, 5.41) is 12.4. The van der Waals surface area contributed by atoms with Crippen LogP contribution < -0.4 is 5.32 Å². The summed E-state index contributed by atoms with van der Waals surface area (Å²) in [6, 6.07) is 6.78. The number of benzene rings is 1. The maximum Gasteiger partial charge on any atom is 0.407 e. The molecular formula is C17H20ClFN2O3. The predicted molar refractivity (Wildman–Crippen MR) is 87.9 cm³/mol. The molecule has 0 radical (unpaired) electrons. The van der Waals surface area contributed by atoms with Crippen molar-refractivity contribution in [2.24, 2.45) is 5.41 Å². The maximum atomic E-state index is 14.2. The molecule has 2 N–H and O–H groups in total. The van der Waals surface area contributed by atoms with Crippen molar-refractivity contribution in [3.8, 4) is 0 Å². The standard InChI is InChI=1S/C17H20ClFN2O3/c18-12-3-1-11(2-4-12)9-17(6-7-17)15(22)20-14-5-8-21(16(23)24)10-13(14)19/h1-4,13-14H,5-10H2,(H,20,22)(H,23,24)/t13-,14-/m0/s1. The maximum absolute atomic E-state index is 14.2. The van der Waals surface area contributed by atoms with Crippen LogP contribution in [-0.2, 0) is 11.2 Å². The highest BCUT2D eigenvalue weighted by molar-refractivity contribution is 6.30. The zero-order valence-corrected chi connectivity index (χ0v) is 13.9. The van der Waals surface area contributed by atoms with Crippen molar-refractivity contribution in [2.75, 3.05) is 13.1 Å². The van der Waals surface area contributed by atoms with Crippen LogP contribution in [0.1, 0.15) is 24.8 Å². The second kappa shape index (κ2) is 6.59. The fourth-order valence-corrected chi connectivity index (χ4v) is 3.32. The summed E-state index contributed by atoms with van der Waals surface area (Å²) in [4.78, 5) is 24.5. The number of hydrogen-bond acceptors (Lipinski definition) is 2. The monoisotopic (exact) mass is 354 g/mol. The van der Waals surface area contributed by atoms with E-state index in [9.17, 15) is 14.0 Å². The zero-order valence-electron chi connectivity index (χ0n) is 13.2. The number of likely N-dealkylation sites (tertiary alicyclic amines) is 1. The largest absolute Gasteiger partial charge is 0.465 e. The molecular weight excluding hydrogens is 335 g/mol. The molecule has 24 heavy (non-hydrogen) atoms. The van der Waals surface area contributed by atoms with Crippen LogP contribution in [0.2, 0.25) is 5.02 Å². The van der Waals surface area contributed by atoms with Gasteiger partial charge in [-0.1, -0.05) is 23.7 Å². The molecule has 1 heterocycles. The normalized spacial score (nSPS) is 25.2. The molecule has 0 bridgehead atoms. The first-order valence-corrected chi connectivity index (χ1v) is 8.45. The number of amides is 2. The van der Waals surface area contributed by atoms with E-state index < -0.39 is 23.7 Å². The number of carboxylic acid groups (broad SMARTS) is 1. The first-order chi connectivity index (χ1) is 11.4. The minimum absolute atomic E-state index is 0.131. The molecule has 7 heteroatoms. The molecule has 1 saturated heterocycles. The number of hydrogen-bond donors (Lipinski definition) is 2. The van der Waals surface area contributed by atoms with Crippen LogP contribution in [0.25, 0.3) is 0 Å². The Morgan fingerprint density at radius 3 is 2.54 bits per heavy atom. The van der Waals surface area contributed by atoms with E-state index in [1.165, 1.54) is 0 Å². The summed E-state index contributed by atoms with van der Waals surface area (Å²) in [6.45, 7) is 0.0509. The second-order valence-electron chi connectivity index (χ2n) is 6.70. The van der Waals surface area contributed by atoms with Gasteiger partial charge in [0.05, 0.1) is 18.0 Å². The molecule has 130 valence electrons. The number of alkyl halides is 1. The fourth-order valence-electron chi connectivity index (χ4n) is 3.19. The summed E-state index contributed by atoms with van der Waals surface area (Å²) in [7, 11) is 0. The van der Waals surface area contributed by atoms with Crippen LogP contribution in [0, 0.1) is 5.41 Å². The number of nitrogens with zero attached hydrogens (tertiary/aromatic N) is 1. The van der Waals surface area contributed by atoms with Crippen LogP contribution in [0.4, 0.5) is 9.18 Å². The van der Waals surface area contributed by atoms with Crippen LogP contribution in [0.5, 0.6) is 0 Å². The van der Waals surface area contributed by atoms with Gasteiger partial charge in [0, 0.05) is 11.6 Å². The first kappa shape index (κ1) is 17.0. The Labute approximate surface area is 144 Å². The van der Waals surface area contributed by atoms with Crippen molar-refractivity contribution in [1.29, 1.82) is 0 Å². The molecule has 3 rings (SSSR count). The van der Waals surface area contributed by atoms with E-state index in [4.69, 9.17) is 16.7 Å². The third-order valence-corrected chi connectivity index (χ3v) is 5.17. The Bertz CT molecular complexity index is 633. The molecule has 1 aromatic rings. The molecule has 1 aliphatic carbocycles. The van der Waals surface area contributed by atoms with E-state index in [0.717, 1.165) is 23.3 Å². The number of halogens is 2. The number of carbonyl (C=O) groups excluding carboxylic acids is 1. The molecule has 2 atom stereocenters. The van der Waals surface area contributed by atoms with Gasteiger partial charge in [-0.3, -0.25) is 4.79 Å². The van der Waals surface area contributed by atoms with Crippen LogP contribution in [-0.4, -0.2) is 47.3 Å². The molecule has 0 unspecified atom stereocenters. The summed E-state index contributed by atoms with van der Waals surface area (Å²) in [5.41, 5.74) is 0.571. The topological polar surface area (TPSA) is 69.6 Å². The second-order valence-corrected chi connectivity index (χ2v) is 7.13. The predicted octanol–water partition coefficient (Wildman–Crippen LogP) is 2.87. The number of carbonyl (C=O) groups is 2. The van der Waals surface area contributed by atoms with E-state index in [-0.39, 0.29) is 19.0 Å². The molecule has 0 aromatic heterocycles. The Balaban J connectivity index is 1.58. The van der Waals surface area contributed by atoms with Gasteiger partial charge in [0.2, 0.25) is 5.91 Å². The van der Waals surface area contributed by atoms with E-state index in [1.807, 2.05) is 12.1 Å². The van der Waals surface area contributed by atoms with Crippen molar-refractivity contribution >= 4 is 23.6 Å². The highest BCUT2D eigenvalue weighted by Crippen LogP contribution is 2.49. The van der Waals surface area contributed by atoms with Gasteiger partial charge < -0.3 is 15.3 Å². The zero-order chi connectivity index (χ0) is 17.3. The lowest BCUT2D eigenvalue weighted by Gasteiger charge is -2.34. The van der Waals surface area contributed by atoms with E-state index >= 15 is 0 Å². The molecule has 1 aromatic carbocycles. The number of nitrogens with one attached hydrogen (secondary N) is 1. The van der Waals surface area contributed by atoms with Crippen molar-refractivity contribution in [3.63, 3.8) is 0 Å². The quantitative estimate of drug-likeness (QED) is 0.873. The molecule has 5 nitrogen and oxygen atoms in total. The lowest BCUT2D eigenvalue weighted by atomic mass is 9.94. The van der Waals surface area contributed by atoms with Crippen molar-refractivity contribution in [2.45, 2.75) is 37.9 Å². The van der Waals surface area contributed by atoms with Gasteiger partial charge in [0.15, 0.2) is 0 Å². The van der Waals surface area contributed by atoms with Crippen molar-refractivity contribution in [1.82, 2.24) is 10.2 Å². The Hall–Kier alpha value is -1.82. The van der Waals surface area contributed by atoms with Gasteiger partial charge in [-0.2, -0.15) is 0 Å². The lowest BCUT2D eigenvalue weighted by Crippen LogP contribution is -2.54. The van der Waals surface area contributed by atoms with E-state index in [1.54, 1.807) is 12.1 Å². The average molecular weight is 355 g/mol. The molecule has 1 saturated carbocycles. The Morgan fingerprint density at radius 1 is 1.33 bits per heavy atom. The summed E-state index contributed by atoms with van der Waals surface area (Å²) >= 11 is 5.87. The van der Waals surface area contributed by atoms with Gasteiger partial charge in [0.1, 0.15) is 6.17 Å². The van der Waals surface area contributed by atoms with Gasteiger partial charge >= 0.3 is 6.09 Å². The Morgan fingerprint density at radius 2 is 2.00 bits per heavy atom. The molecule has 2 amide bonds. The molecule has 1 aliphatic heterocycles. The van der Waals surface area contributed by atoms with Gasteiger partial charge in [0.25, 0.3) is 0 Å². The number of piperidine rings is 1. The summed E-state index contributed by atoms with van der Waals surface area (Å²) in [5.74, 6) is -0.131. The van der Waals surface area contributed by atoms with Crippen LogP contribution in [0.15, 0.2) is 24.3 Å². The van der Waals surface area contributed by atoms with Crippen LogP contribution >= 0.6 is 11.6 Å². The van der Waals surface area contributed by atoms with E-state index in [0.29, 0.717) is 17.9 Å². The lowest BCUT2D eigenvalue weighted by molar-refractivity contribution is -0.128. The van der Waals surface area contributed by atoms with Crippen molar-refractivity contribution in [3.05, 3.63) is 34.9 Å². The summed E-state index contributed by atoms with van der Waals surface area (Å²) < 4.78 is 14.2. The summed E-state index contributed by atoms with van der Waals surface area (Å²) in [6.07, 6.45) is -0.00964. The third kappa shape index (κ3) is 3.64. The SMILES string of the molecule is O=C(O)N1CC[C@H](NC(=O)C2(Cc3ccc(Cl)cc3)CC2)[C@@H](F)C1. The highest BCUT2D eigenvalue weighted by Gasteiger charge is 2.50. The van der Waals surface area contributed by atoms with Gasteiger partial charge in [-0.25, -0.2) is 9.18 Å². The fraction of sp³-hybridized carbons (Fsp3) is 0.529. The van der Waals surface area contributed by atoms with Gasteiger partial charge in [-0.15, -0.1) is 0 Å². The highest BCUT2D eigenvalue weighted by atomic mass is 35.5. The van der Waals surface area contributed by atoms with Crippen molar-refractivity contribution < 1.29 is 19.1 Å². The Kier molecular flexibility index (Phi) is 4.67. The third-order valence-electron chi connectivity index (χ3n) is 4.92. The number of rotatable bonds is 4. The first-order valence-electron chi connectivity index (χ1n) is 8.07. The molecule has 2 fully saturated rings. The van der Waals surface area contributed by atoms with E-state index in [2.05, 4.69) is 5.32 Å².